The smallest absolute Gasteiger partial charge is 0.320 e. The van der Waals surface area contributed by atoms with Crippen LogP contribution in [0.2, 0.25) is 0 Å². The summed E-state index contributed by atoms with van der Waals surface area (Å²) in [7, 11) is 0. The lowest BCUT2D eigenvalue weighted by molar-refractivity contribution is -0.140. The van der Waals surface area contributed by atoms with E-state index < -0.39 is 12.0 Å². The van der Waals surface area contributed by atoms with E-state index in [1.165, 1.54) is 11.1 Å². The van der Waals surface area contributed by atoms with Crippen LogP contribution in [0, 0.1) is 11.8 Å². The number of benzene rings is 1. The number of nitrogens with one attached hydrogen (secondary N) is 1. The molecule has 0 aliphatic rings. The van der Waals surface area contributed by atoms with Crippen molar-refractivity contribution in [1.29, 1.82) is 0 Å². The standard InChI is InChI=1S/C20H33NO2/c1-14(2)11-18(19(22)23)21-13-15(3)12-16-7-9-17(10-8-16)20(4,5)6/h7-10,14-15,18,21H,11-13H2,1-6H3,(H,22,23)/t15?,18-/m1/s1. The number of hydrogen-bond acceptors (Lipinski definition) is 2. The SMILES string of the molecule is CC(C)C[C@@H](NCC(C)Cc1ccc(C(C)(C)C)cc1)C(=O)O. The average Bonchev–Trinajstić information content (AvgIpc) is 2.42. The van der Waals surface area contributed by atoms with Crippen molar-refractivity contribution in [2.75, 3.05) is 6.54 Å². The summed E-state index contributed by atoms with van der Waals surface area (Å²) in [6.45, 7) is 13.7. The molecule has 0 aromatic heterocycles. The fourth-order valence-electron chi connectivity index (χ4n) is 2.70. The van der Waals surface area contributed by atoms with Crippen molar-refractivity contribution in [1.82, 2.24) is 5.32 Å². The van der Waals surface area contributed by atoms with Gasteiger partial charge in [0.15, 0.2) is 0 Å². The molecule has 0 fully saturated rings. The van der Waals surface area contributed by atoms with Gasteiger partial charge in [-0.3, -0.25) is 4.79 Å². The predicted octanol–water partition coefficient (Wildman–Crippen LogP) is 4.25. The van der Waals surface area contributed by atoms with Crippen molar-refractivity contribution in [3.8, 4) is 0 Å². The molecular formula is C20H33NO2. The molecule has 0 bridgehead atoms. The van der Waals surface area contributed by atoms with Crippen LogP contribution in [0.1, 0.15) is 59.1 Å². The maximum absolute atomic E-state index is 11.3. The summed E-state index contributed by atoms with van der Waals surface area (Å²) in [6, 6.07) is 8.35. The third-order valence-corrected chi connectivity index (χ3v) is 4.12. The molecule has 0 spiro atoms. The Morgan fingerprint density at radius 2 is 1.70 bits per heavy atom. The van der Waals surface area contributed by atoms with E-state index >= 15 is 0 Å². The van der Waals surface area contributed by atoms with Gasteiger partial charge in [0.1, 0.15) is 6.04 Å². The zero-order chi connectivity index (χ0) is 17.6. The van der Waals surface area contributed by atoms with Gasteiger partial charge in [-0.15, -0.1) is 0 Å². The van der Waals surface area contributed by atoms with Crippen LogP contribution in [-0.4, -0.2) is 23.7 Å². The molecule has 23 heavy (non-hydrogen) atoms. The first-order valence-corrected chi connectivity index (χ1v) is 8.65. The molecule has 0 aliphatic carbocycles. The Balaban J connectivity index is 2.52. The molecule has 0 saturated carbocycles. The summed E-state index contributed by atoms with van der Waals surface area (Å²) in [5.41, 5.74) is 2.83. The van der Waals surface area contributed by atoms with E-state index in [0.29, 0.717) is 18.3 Å². The van der Waals surface area contributed by atoms with Crippen molar-refractivity contribution in [3.05, 3.63) is 35.4 Å². The Morgan fingerprint density at radius 3 is 2.13 bits per heavy atom. The first kappa shape index (κ1) is 19.7. The Labute approximate surface area is 141 Å². The summed E-state index contributed by atoms with van der Waals surface area (Å²) < 4.78 is 0. The normalized spacial score (nSPS) is 14.7. The van der Waals surface area contributed by atoms with E-state index in [1.807, 2.05) is 0 Å². The molecule has 0 saturated heterocycles. The minimum Gasteiger partial charge on any atom is -0.480 e. The summed E-state index contributed by atoms with van der Waals surface area (Å²) in [4.78, 5) is 11.3. The largest absolute Gasteiger partial charge is 0.480 e. The van der Waals surface area contributed by atoms with E-state index in [9.17, 15) is 9.90 Å². The lowest BCUT2D eigenvalue weighted by Crippen LogP contribution is -2.40. The highest BCUT2D eigenvalue weighted by Gasteiger charge is 2.19. The summed E-state index contributed by atoms with van der Waals surface area (Å²) >= 11 is 0. The zero-order valence-electron chi connectivity index (χ0n) is 15.5. The minimum absolute atomic E-state index is 0.178. The van der Waals surface area contributed by atoms with E-state index in [0.717, 1.165) is 13.0 Å². The van der Waals surface area contributed by atoms with E-state index in [1.54, 1.807) is 0 Å². The zero-order valence-corrected chi connectivity index (χ0v) is 15.5. The number of hydrogen-bond donors (Lipinski definition) is 2. The van der Waals surface area contributed by atoms with Gasteiger partial charge in [0.2, 0.25) is 0 Å². The first-order valence-electron chi connectivity index (χ1n) is 8.65. The lowest BCUT2D eigenvalue weighted by atomic mass is 9.86. The van der Waals surface area contributed by atoms with Crippen LogP contribution in [-0.2, 0) is 16.6 Å². The molecule has 2 N–H and O–H groups in total. The second-order valence-corrected chi connectivity index (χ2v) is 8.18. The number of carboxylic acid groups (broad SMARTS) is 1. The molecule has 0 heterocycles. The molecule has 130 valence electrons. The summed E-state index contributed by atoms with van der Waals surface area (Å²) in [5.74, 6) is 0.0359. The van der Waals surface area contributed by atoms with Crippen molar-refractivity contribution in [2.45, 2.75) is 65.8 Å². The van der Waals surface area contributed by atoms with Crippen molar-refractivity contribution < 1.29 is 9.90 Å². The number of aliphatic carboxylic acids is 1. The molecular weight excluding hydrogens is 286 g/mol. The van der Waals surface area contributed by atoms with Crippen molar-refractivity contribution in [3.63, 3.8) is 0 Å². The van der Waals surface area contributed by atoms with Crippen LogP contribution in [0.25, 0.3) is 0 Å². The van der Waals surface area contributed by atoms with Crippen LogP contribution in [0.3, 0.4) is 0 Å². The van der Waals surface area contributed by atoms with Crippen LogP contribution in [0.4, 0.5) is 0 Å². The van der Waals surface area contributed by atoms with Gasteiger partial charge in [-0.05, 0) is 47.8 Å². The monoisotopic (exact) mass is 319 g/mol. The molecule has 1 aromatic carbocycles. The number of carboxylic acids is 1. The van der Waals surface area contributed by atoms with Gasteiger partial charge in [-0.1, -0.05) is 65.8 Å². The van der Waals surface area contributed by atoms with Gasteiger partial charge >= 0.3 is 5.97 Å². The molecule has 0 amide bonds. The van der Waals surface area contributed by atoms with Crippen LogP contribution in [0.15, 0.2) is 24.3 Å². The van der Waals surface area contributed by atoms with Gasteiger partial charge in [0.25, 0.3) is 0 Å². The molecule has 1 aromatic rings. The summed E-state index contributed by atoms with van der Waals surface area (Å²) in [5, 5.41) is 12.5. The molecule has 3 nitrogen and oxygen atoms in total. The minimum atomic E-state index is -0.750. The van der Waals surface area contributed by atoms with Gasteiger partial charge in [-0.2, -0.15) is 0 Å². The fraction of sp³-hybridized carbons (Fsp3) is 0.650. The maximum Gasteiger partial charge on any atom is 0.320 e. The molecule has 1 unspecified atom stereocenters. The van der Waals surface area contributed by atoms with Gasteiger partial charge in [0, 0.05) is 0 Å². The predicted molar refractivity (Wildman–Crippen MR) is 96.9 cm³/mol. The number of rotatable bonds is 8. The number of carbonyl (C=O) groups is 1. The molecule has 0 aliphatic heterocycles. The second kappa shape index (κ2) is 8.49. The Kier molecular flexibility index (Phi) is 7.27. The molecule has 1 rings (SSSR count). The molecule has 2 atom stereocenters. The van der Waals surface area contributed by atoms with Crippen molar-refractivity contribution in [2.24, 2.45) is 11.8 Å². The highest BCUT2D eigenvalue weighted by molar-refractivity contribution is 5.73. The highest BCUT2D eigenvalue weighted by Crippen LogP contribution is 2.22. The quantitative estimate of drug-likeness (QED) is 0.753. The highest BCUT2D eigenvalue weighted by atomic mass is 16.4. The van der Waals surface area contributed by atoms with E-state index in [-0.39, 0.29) is 5.41 Å². The van der Waals surface area contributed by atoms with E-state index in [4.69, 9.17) is 0 Å². The Morgan fingerprint density at radius 1 is 1.13 bits per heavy atom. The Hall–Kier alpha value is -1.35. The van der Waals surface area contributed by atoms with Gasteiger partial charge < -0.3 is 10.4 Å². The molecule has 0 radical (unpaired) electrons. The lowest BCUT2D eigenvalue weighted by Gasteiger charge is -2.21. The third kappa shape index (κ3) is 7.17. The average molecular weight is 319 g/mol. The van der Waals surface area contributed by atoms with Crippen LogP contribution in [0.5, 0.6) is 0 Å². The first-order chi connectivity index (χ1) is 10.6. The van der Waals surface area contributed by atoms with E-state index in [2.05, 4.69) is 71.1 Å². The van der Waals surface area contributed by atoms with Gasteiger partial charge in [0.05, 0.1) is 0 Å². The third-order valence-electron chi connectivity index (χ3n) is 4.12. The van der Waals surface area contributed by atoms with Crippen LogP contribution < -0.4 is 5.32 Å². The Bertz CT molecular complexity index is 485. The van der Waals surface area contributed by atoms with Gasteiger partial charge in [-0.25, -0.2) is 0 Å². The van der Waals surface area contributed by atoms with Crippen LogP contribution >= 0.6 is 0 Å². The topological polar surface area (TPSA) is 49.3 Å². The maximum atomic E-state index is 11.3. The fourth-order valence-corrected chi connectivity index (χ4v) is 2.70. The summed E-state index contributed by atoms with van der Waals surface area (Å²) in [6.07, 6.45) is 1.63. The second-order valence-electron chi connectivity index (χ2n) is 8.18. The van der Waals surface area contributed by atoms with Crippen molar-refractivity contribution >= 4 is 5.97 Å². The molecule has 3 heteroatoms.